The minimum absolute atomic E-state index is 0.402. The van der Waals surface area contributed by atoms with Gasteiger partial charge in [-0.25, -0.2) is 8.42 Å². The molecule has 1 aromatic rings. The highest BCUT2D eigenvalue weighted by Gasteiger charge is 2.26. The highest BCUT2D eigenvalue weighted by molar-refractivity contribution is 7.89. The van der Waals surface area contributed by atoms with E-state index >= 15 is 0 Å². The van der Waals surface area contributed by atoms with Crippen LogP contribution in [0.1, 0.15) is 0 Å². The number of nitrogens with zero attached hydrogens (tertiary/aromatic N) is 3. The van der Waals surface area contributed by atoms with Crippen LogP contribution in [-0.2, 0) is 10.0 Å². The molecule has 0 saturated carbocycles. The van der Waals surface area contributed by atoms with E-state index in [4.69, 9.17) is 11.0 Å². The lowest BCUT2D eigenvalue weighted by Gasteiger charge is -2.35. The Morgan fingerprint density at radius 3 is 2.53 bits per heavy atom. The Morgan fingerprint density at radius 2 is 1.95 bits per heavy atom. The normalized spacial score (nSPS) is 17.1. The van der Waals surface area contributed by atoms with Crippen LogP contribution in [0.2, 0.25) is 0 Å². The molecule has 6 nitrogen and oxygen atoms in total. The molecule has 1 heterocycles. The topological polar surface area (TPSA) is 90.4 Å². The third kappa shape index (κ3) is 3.16. The van der Waals surface area contributed by atoms with Gasteiger partial charge in [0.2, 0.25) is 10.0 Å². The number of hydrogen-bond donors (Lipinski definition) is 1. The fourth-order valence-corrected chi connectivity index (χ4v) is 3.18. The Hall–Kier alpha value is -1.78. The van der Waals surface area contributed by atoms with Crippen molar-refractivity contribution >= 4 is 21.4 Å². The number of nitriles is 1. The van der Waals surface area contributed by atoms with Crippen LogP contribution in [0, 0.1) is 11.3 Å². The van der Waals surface area contributed by atoms with Crippen molar-refractivity contribution in [1.82, 2.24) is 4.31 Å². The quantitative estimate of drug-likeness (QED) is 0.801. The van der Waals surface area contributed by atoms with Gasteiger partial charge in [0.25, 0.3) is 0 Å². The molecule has 1 fully saturated rings. The minimum Gasteiger partial charge on any atom is -0.399 e. The molecule has 0 amide bonds. The number of hydrogen-bond acceptors (Lipinski definition) is 5. The van der Waals surface area contributed by atoms with E-state index in [-0.39, 0.29) is 0 Å². The predicted octanol–water partition coefficient (Wildman–Crippen LogP) is 0.244. The van der Waals surface area contributed by atoms with Crippen LogP contribution in [0.4, 0.5) is 11.4 Å². The first-order chi connectivity index (χ1) is 9.03. The fraction of sp³-hybridized carbons (Fsp3) is 0.417. The minimum atomic E-state index is -3.43. The molecule has 0 bridgehead atoms. The second-order valence-corrected chi connectivity index (χ2v) is 6.36. The van der Waals surface area contributed by atoms with Crippen molar-refractivity contribution in [3.05, 3.63) is 24.3 Å². The lowest BCUT2D eigenvalue weighted by Crippen LogP contribution is -2.49. The van der Waals surface area contributed by atoms with Crippen LogP contribution in [0.3, 0.4) is 0 Å². The molecule has 0 aliphatic carbocycles. The summed E-state index contributed by atoms with van der Waals surface area (Å²) in [5, 5.41) is 8.51. The molecule has 1 aliphatic rings. The Morgan fingerprint density at radius 1 is 1.26 bits per heavy atom. The van der Waals surface area contributed by atoms with Crippen LogP contribution >= 0.6 is 0 Å². The van der Waals surface area contributed by atoms with Gasteiger partial charge in [0.05, 0.1) is 6.07 Å². The van der Waals surface area contributed by atoms with Gasteiger partial charge in [0, 0.05) is 37.6 Å². The molecule has 2 N–H and O–H groups in total. The molecule has 1 aliphatic heterocycles. The third-order valence-electron chi connectivity index (χ3n) is 3.11. The monoisotopic (exact) mass is 280 g/mol. The number of benzene rings is 1. The molecule has 0 unspecified atom stereocenters. The van der Waals surface area contributed by atoms with E-state index < -0.39 is 15.8 Å². The average molecular weight is 280 g/mol. The highest BCUT2D eigenvalue weighted by atomic mass is 32.2. The van der Waals surface area contributed by atoms with Gasteiger partial charge < -0.3 is 10.6 Å². The highest BCUT2D eigenvalue weighted by Crippen LogP contribution is 2.20. The van der Waals surface area contributed by atoms with Crippen LogP contribution < -0.4 is 10.6 Å². The molecule has 0 atom stereocenters. The molecule has 102 valence electrons. The van der Waals surface area contributed by atoms with Crippen molar-refractivity contribution < 1.29 is 8.42 Å². The van der Waals surface area contributed by atoms with Gasteiger partial charge in [-0.05, 0) is 18.2 Å². The molecule has 19 heavy (non-hydrogen) atoms. The van der Waals surface area contributed by atoms with Gasteiger partial charge in [0.15, 0.2) is 5.75 Å². The van der Waals surface area contributed by atoms with Gasteiger partial charge in [-0.2, -0.15) is 9.57 Å². The van der Waals surface area contributed by atoms with Crippen molar-refractivity contribution in [3.8, 4) is 6.07 Å². The summed E-state index contributed by atoms with van der Waals surface area (Å²) in [5.41, 5.74) is 7.42. The second-order valence-electron chi connectivity index (χ2n) is 4.40. The van der Waals surface area contributed by atoms with E-state index in [1.54, 1.807) is 6.07 Å². The summed E-state index contributed by atoms with van der Waals surface area (Å²) in [6.07, 6.45) is 0. The lowest BCUT2D eigenvalue weighted by atomic mass is 10.2. The van der Waals surface area contributed by atoms with Gasteiger partial charge in [-0.1, -0.05) is 6.07 Å². The number of sulfonamides is 1. The molecule has 0 spiro atoms. The molecule has 1 saturated heterocycles. The van der Waals surface area contributed by atoms with Crippen LogP contribution in [0.5, 0.6) is 0 Å². The van der Waals surface area contributed by atoms with Crippen molar-refractivity contribution in [3.63, 3.8) is 0 Å². The molecular formula is C12H16N4O2S. The SMILES string of the molecule is N#CCS(=O)(=O)N1CCN(c2cccc(N)c2)CC1. The maximum Gasteiger partial charge on any atom is 0.227 e. The Balaban J connectivity index is 2.02. The Labute approximate surface area is 113 Å². The van der Waals surface area contributed by atoms with Gasteiger partial charge in [-0.3, -0.25) is 0 Å². The largest absolute Gasteiger partial charge is 0.399 e. The van der Waals surface area contributed by atoms with Crippen molar-refractivity contribution in [1.29, 1.82) is 5.26 Å². The third-order valence-corrected chi connectivity index (χ3v) is 4.76. The van der Waals surface area contributed by atoms with Crippen molar-refractivity contribution in [2.24, 2.45) is 0 Å². The van der Waals surface area contributed by atoms with E-state index in [0.717, 1.165) is 5.69 Å². The zero-order valence-electron chi connectivity index (χ0n) is 10.5. The van der Waals surface area contributed by atoms with E-state index in [1.807, 2.05) is 24.3 Å². The van der Waals surface area contributed by atoms with E-state index in [9.17, 15) is 8.42 Å². The molecule has 0 aromatic heterocycles. The first kappa shape index (κ1) is 13.6. The summed E-state index contributed by atoms with van der Waals surface area (Å²) in [6, 6.07) is 9.22. The average Bonchev–Trinajstić information content (AvgIpc) is 2.39. The van der Waals surface area contributed by atoms with E-state index in [2.05, 4.69) is 4.90 Å². The van der Waals surface area contributed by atoms with Gasteiger partial charge in [0.1, 0.15) is 0 Å². The van der Waals surface area contributed by atoms with Crippen LogP contribution in [-0.4, -0.2) is 44.7 Å². The first-order valence-corrected chi connectivity index (χ1v) is 7.59. The summed E-state index contributed by atoms with van der Waals surface area (Å²) < 4.78 is 24.9. The smallest absolute Gasteiger partial charge is 0.227 e. The summed E-state index contributed by atoms with van der Waals surface area (Å²) in [7, 11) is -3.43. The van der Waals surface area contributed by atoms with Crippen molar-refractivity contribution in [2.75, 3.05) is 42.6 Å². The first-order valence-electron chi connectivity index (χ1n) is 5.98. The van der Waals surface area contributed by atoms with E-state index in [0.29, 0.717) is 31.9 Å². The number of anilines is 2. The van der Waals surface area contributed by atoms with Crippen LogP contribution in [0.15, 0.2) is 24.3 Å². The molecule has 1 aromatic carbocycles. The molecule has 0 radical (unpaired) electrons. The van der Waals surface area contributed by atoms with E-state index in [1.165, 1.54) is 4.31 Å². The Bertz CT molecular complexity index is 586. The standard InChI is InChI=1S/C12H16N4O2S/c13-4-9-19(17,18)16-7-5-15(6-8-16)12-3-1-2-11(14)10-12/h1-3,10H,5-9,14H2. The maximum atomic E-state index is 11.7. The predicted molar refractivity (Wildman–Crippen MR) is 74.0 cm³/mol. The fourth-order valence-electron chi connectivity index (χ4n) is 2.12. The lowest BCUT2D eigenvalue weighted by molar-refractivity contribution is 0.386. The maximum absolute atomic E-state index is 11.7. The van der Waals surface area contributed by atoms with Gasteiger partial charge in [-0.15, -0.1) is 0 Å². The van der Waals surface area contributed by atoms with Gasteiger partial charge >= 0.3 is 0 Å². The molecule has 7 heteroatoms. The summed E-state index contributed by atoms with van der Waals surface area (Å²) >= 11 is 0. The second kappa shape index (κ2) is 5.47. The number of nitrogens with two attached hydrogens (primary N) is 1. The number of piperazine rings is 1. The zero-order valence-corrected chi connectivity index (χ0v) is 11.3. The molecule has 2 rings (SSSR count). The molecular weight excluding hydrogens is 264 g/mol. The summed E-state index contributed by atoms with van der Waals surface area (Å²) in [5.74, 6) is -0.453. The van der Waals surface area contributed by atoms with Crippen LogP contribution in [0.25, 0.3) is 0 Å². The number of nitrogen functional groups attached to an aromatic ring is 1. The Kier molecular flexibility index (Phi) is 3.93. The number of rotatable bonds is 3. The van der Waals surface area contributed by atoms with Crippen molar-refractivity contribution in [2.45, 2.75) is 0 Å². The summed E-state index contributed by atoms with van der Waals surface area (Å²) in [6.45, 7) is 2.01. The summed E-state index contributed by atoms with van der Waals surface area (Å²) in [4.78, 5) is 2.09. The zero-order chi connectivity index (χ0) is 13.9.